The minimum atomic E-state index is -0.749. The SMILES string of the molecule is CCCCCCCCOc1ccc([C@H](CC(=O)OCC)c2oc(CO)cc(=O)c2O)cc1. The van der Waals surface area contributed by atoms with Crippen molar-refractivity contribution in [3.63, 3.8) is 0 Å². The molecule has 0 bridgehead atoms. The summed E-state index contributed by atoms with van der Waals surface area (Å²) in [6, 6.07) is 8.14. The molecule has 7 heteroatoms. The number of esters is 1. The second-order valence-corrected chi connectivity index (χ2v) is 7.69. The van der Waals surface area contributed by atoms with Crippen LogP contribution >= 0.6 is 0 Å². The third-order valence-corrected chi connectivity index (χ3v) is 5.20. The number of ether oxygens (including phenoxy) is 2. The monoisotopic (exact) mass is 446 g/mol. The Morgan fingerprint density at radius 3 is 2.41 bits per heavy atom. The van der Waals surface area contributed by atoms with Crippen LogP contribution in [-0.4, -0.2) is 29.4 Å². The Labute approximate surface area is 189 Å². The molecule has 0 saturated heterocycles. The van der Waals surface area contributed by atoms with Gasteiger partial charge in [0.2, 0.25) is 11.2 Å². The smallest absolute Gasteiger partial charge is 0.306 e. The van der Waals surface area contributed by atoms with Gasteiger partial charge in [-0.3, -0.25) is 9.59 Å². The maximum absolute atomic E-state index is 12.2. The molecule has 0 unspecified atom stereocenters. The molecule has 2 N–H and O–H groups in total. The topological polar surface area (TPSA) is 106 Å². The highest BCUT2D eigenvalue weighted by Crippen LogP contribution is 2.34. The van der Waals surface area contributed by atoms with Crippen LogP contribution < -0.4 is 10.2 Å². The number of benzene rings is 1. The maximum Gasteiger partial charge on any atom is 0.306 e. The first kappa shape index (κ1) is 25.5. The van der Waals surface area contributed by atoms with Crippen molar-refractivity contribution < 1.29 is 28.9 Å². The lowest BCUT2D eigenvalue weighted by atomic mass is 9.92. The van der Waals surface area contributed by atoms with E-state index in [4.69, 9.17) is 13.9 Å². The summed E-state index contributed by atoms with van der Waals surface area (Å²) in [7, 11) is 0. The number of hydrogen-bond donors (Lipinski definition) is 2. The van der Waals surface area contributed by atoms with Gasteiger partial charge in [0, 0.05) is 6.07 Å². The van der Waals surface area contributed by atoms with Crippen LogP contribution in [-0.2, 0) is 16.1 Å². The van der Waals surface area contributed by atoms with Gasteiger partial charge in [-0.2, -0.15) is 0 Å². The van der Waals surface area contributed by atoms with Gasteiger partial charge in [0.25, 0.3) is 0 Å². The molecule has 1 aromatic carbocycles. The zero-order valence-electron chi connectivity index (χ0n) is 19.0. The standard InChI is InChI=1S/C25H34O7/c1-3-5-6-7-8-9-14-31-19-12-10-18(11-13-19)21(16-23(28)30-4-2)25-24(29)22(27)15-20(17-26)32-25/h10-13,15,21,26,29H,3-9,14,16-17H2,1-2H3/t21-/m0/s1. The van der Waals surface area contributed by atoms with E-state index in [2.05, 4.69) is 6.92 Å². The molecule has 0 saturated carbocycles. The van der Waals surface area contributed by atoms with Gasteiger partial charge in [-0.15, -0.1) is 0 Å². The van der Waals surface area contributed by atoms with E-state index in [1.807, 2.05) is 0 Å². The minimum absolute atomic E-state index is 0.00977. The summed E-state index contributed by atoms with van der Waals surface area (Å²) in [5.41, 5.74) is -0.0263. The van der Waals surface area contributed by atoms with Crippen molar-refractivity contribution in [2.45, 2.75) is 71.3 Å². The van der Waals surface area contributed by atoms with E-state index in [0.717, 1.165) is 18.9 Å². The molecule has 0 radical (unpaired) electrons. The van der Waals surface area contributed by atoms with Crippen LogP contribution in [0.2, 0.25) is 0 Å². The molecular formula is C25H34O7. The molecule has 0 amide bonds. The zero-order valence-corrected chi connectivity index (χ0v) is 19.0. The van der Waals surface area contributed by atoms with E-state index in [1.165, 1.54) is 25.7 Å². The average molecular weight is 447 g/mol. The highest BCUT2D eigenvalue weighted by atomic mass is 16.5. The van der Waals surface area contributed by atoms with E-state index in [0.29, 0.717) is 17.9 Å². The predicted octanol–water partition coefficient (Wildman–Crippen LogP) is 4.66. The van der Waals surface area contributed by atoms with Crippen LogP contribution in [0.15, 0.2) is 39.5 Å². The number of aliphatic hydroxyl groups excluding tert-OH is 1. The van der Waals surface area contributed by atoms with Gasteiger partial charge in [0.05, 0.1) is 25.6 Å². The number of aliphatic hydroxyl groups is 1. The molecule has 0 aliphatic carbocycles. The van der Waals surface area contributed by atoms with Crippen molar-refractivity contribution >= 4 is 5.97 Å². The third kappa shape index (κ3) is 7.71. The molecule has 2 aromatic rings. The fraction of sp³-hybridized carbons (Fsp3) is 0.520. The summed E-state index contributed by atoms with van der Waals surface area (Å²) in [6.07, 6.45) is 6.97. The van der Waals surface area contributed by atoms with Crippen molar-refractivity contribution in [2.75, 3.05) is 13.2 Å². The lowest BCUT2D eigenvalue weighted by molar-refractivity contribution is -0.143. The highest BCUT2D eigenvalue weighted by molar-refractivity contribution is 5.71. The summed E-state index contributed by atoms with van der Waals surface area (Å²) >= 11 is 0. The van der Waals surface area contributed by atoms with E-state index in [1.54, 1.807) is 31.2 Å². The van der Waals surface area contributed by atoms with E-state index >= 15 is 0 Å². The Kier molecular flexibility index (Phi) is 10.8. The number of aromatic hydroxyl groups is 1. The molecule has 176 valence electrons. The van der Waals surface area contributed by atoms with Crippen LogP contribution in [0.5, 0.6) is 11.5 Å². The van der Waals surface area contributed by atoms with E-state index in [-0.39, 0.29) is 24.5 Å². The molecule has 1 aromatic heterocycles. The highest BCUT2D eigenvalue weighted by Gasteiger charge is 2.26. The van der Waals surface area contributed by atoms with E-state index in [9.17, 15) is 19.8 Å². The van der Waals surface area contributed by atoms with Crippen LogP contribution in [0.4, 0.5) is 0 Å². The second-order valence-electron chi connectivity index (χ2n) is 7.69. The first-order valence-corrected chi connectivity index (χ1v) is 11.3. The molecule has 0 aliphatic rings. The number of hydrogen-bond acceptors (Lipinski definition) is 7. The summed E-state index contributed by atoms with van der Waals surface area (Å²) in [4.78, 5) is 24.3. The van der Waals surface area contributed by atoms with Crippen LogP contribution in [0.25, 0.3) is 0 Å². The van der Waals surface area contributed by atoms with Crippen LogP contribution in [0.3, 0.4) is 0 Å². The van der Waals surface area contributed by atoms with Gasteiger partial charge in [-0.05, 0) is 31.0 Å². The lowest BCUT2D eigenvalue weighted by Gasteiger charge is -2.18. The minimum Gasteiger partial charge on any atom is -0.502 e. The molecule has 0 fully saturated rings. The van der Waals surface area contributed by atoms with Gasteiger partial charge in [-0.1, -0.05) is 51.2 Å². The Balaban J connectivity index is 2.14. The second kappa shape index (κ2) is 13.6. The molecular weight excluding hydrogens is 412 g/mol. The number of rotatable bonds is 14. The number of carbonyl (C=O) groups excluding carboxylic acids is 1. The van der Waals surface area contributed by atoms with Gasteiger partial charge < -0.3 is 24.1 Å². The molecule has 32 heavy (non-hydrogen) atoms. The quantitative estimate of drug-likeness (QED) is 0.321. The van der Waals surface area contributed by atoms with Crippen molar-refractivity contribution in [3.05, 3.63) is 57.6 Å². The summed E-state index contributed by atoms with van der Waals surface area (Å²) in [5.74, 6) is -1.18. The predicted molar refractivity (Wildman–Crippen MR) is 121 cm³/mol. The molecule has 0 spiro atoms. The van der Waals surface area contributed by atoms with Crippen molar-refractivity contribution in [3.8, 4) is 11.5 Å². The van der Waals surface area contributed by atoms with Crippen LogP contribution in [0, 0.1) is 0 Å². The van der Waals surface area contributed by atoms with Crippen LogP contribution in [0.1, 0.15) is 81.8 Å². The first-order chi connectivity index (χ1) is 15.5. The maximum atomic E-state index is 12.2. The normalized spacial score (nSPS) is 11.8. The lowest BCUT2D eigenvalue weighted by Crippen LogP contribution is -2.15. The third-order valence-electron chi connectivity index (χ3n) is 5.20. The molecule has 0 aliphatic heterocycles. The molecule has 1 heterocycles. The largest absolute Gasteiger partial charge is 0.502 e. The Morgan fingerprint density at radius 1 is 1.06 bits per heavy atom. The number of carbonyl (C=O) groups is 1. The summed E-state index contributed by atoms with van der Waals surface area (Å²) in [5, 5.41) is 19.7. The van der Waals surface area contributed by atoms with Gasteiger partial charge in [0.15, 0.2) is 5.76 Å². The van der Waals surface area contributed by atoms with Crippen molar-refractivity contribution in [1.29, 1.82) is 0 Å². The van der Waals surface area contributed by atoms with Gasteiger partial charge in [0.1, 0.15) is 18.1 Å². The van der Waals surface area contributed by atoms with E-state index < -0.39 is 29.7 Å². The van der Waals surface area contributed by atoms with Gasteiger partial charge >= 0.3 is 5.97 Å². The van der Waals surface area contributed by atoms with Crippen molar-refractivity contribution in [1.82, 2.24) is 0 Å². The zero-order chi connectivity index (χ0) is 23.3. The summed E-state index contributed by atoms with van der Waals surface area (Å²) < 4.78 is 16.4. The average Bonchev–Trinajstić information content (AvgIpc) is 2.79. The first-order valence-electron chi connectivity index (χ1n) is 11.3. The van der Waals surface area contributed by atoms with Crippen molar-refractivity contribution in [2.24, 2.45) is 0 Å². The Bertz CT molecular complexity index is 886. The molecule has 7 nitrogen and oxygen atoms in total. The molecule has 1 atom stereocenters. The summed E-state index contributed by atoms with van der Waals surface area (Å²) in [6.45, 7) is 4.24. The van der Waals surface area contributed by atoms with Gasteiger partial charge in [-0.25, -0.2) is 0 Å². The Hall–Kier alpha value is -2.80. The molecule has 2 rings (SSSR count). The fourth-order valence-corrected chi connectivity index (χ4v) is 3.49. The fourth-order valence-electron chi connectivity index (χ4n) is 3.49. The Morgan fingerprint density at radius 2 is 1.75 bits per heavy atom. The number of unbranched alkanes of at least 4 members (excludes halogenated alkanes) is 5.